The number of hydrogen-bond acceptors (Lipinski definition) is 3. The first kappa shape index (κ1) is 13.5. The van der Waals surface area contributed by atoms with E-state index in [1.165, 1.54) is 0 Å². The number of benzene rings is 1. The van der Waals surface area contributed by atoms with E-state index in [0.717, 1.165) is 0 Å². The van der Waals surface area contributed by atoms with Crippen molar-refractivity contribution in [1.29, 1.82) is 0 Å². The molecule has 1 rings (SSSR count). The minimum absolute atomic E-state index is 0. The van der Waals surface area contributed by atoms with E-state index in [2.05, 4.69) is 0 Å². The van der Waals surface area contributed by atoms with Gasteiger partial charge >= 0.3 is 0 Å². The molecule has 0 saturated carbocycles. The molecule has 4 N–H and O–H groups in total. The predicted molar refractivity (Wildman–Crippen MR) is 59.0 cm³/mol. The van der Waals surface area contributed by atoms with E-state index >= 15 is 0 Å². The molecule has 1 atom stereocenters. The van der Waals surface area contributed by atoms with Gasteiger partial charge in [0.25, 0.3) is 0 Å². The topological polar surface area (TPSA) is 66.5 Å². The molecule has 80 valence electrons. The predicted octanol–water partition coefficient (Wildman–Crippen LogP) is 1.85. The van der Waals surface area contributed by atoms with Gasteiger partial charge in [0.2, 0.25) is 0 Å². The monoisotopic (exact) mass is 237 g/mol. The molecule has 14 heavy (non-hydrogen) atoms. The Kier molecular flexibility index (Phi) is 5.88. The Morgan fingerprint density at radius 2 is 2.07 bits per heavy atom. The van der Waals surface area contributed by atoms with E-state index in [1.807, 2.05) is 0 Å². The molecule has 5 heteroatoms. The molecule has 0 radical (unpaired) electrons. The summed E-state index contributed by atoms with van der Waals surface area (Å²) in [5.74, 6) is 0.00474. The van der Waals surface area contributed by atoms with Gasteiger partial charge in [-0.15, -0.1) is 12.4 Å². The maximum atomic E-state index is 9.50. The van der Waals surface area contributed by atoms with Crippen molar-refractivity contribution in [2.24, 2.45) is 5.73 Å². The molecular weight excluding hydrogens is 225 g/mol. The summed E-state index contributed by atoms with van der Waals surface area (Å²) in [4.78, 5) is 0. The molecule has 1 aromatic rings. The number of phenols is 1. The quantitative estimate of drug-likeness (QED) is 0.752. The molecule has 0 saturated heterocycles. The molecule has 0 aliphatic carbocycles. The highest BCUT2D eigenvalue weighted by atomic mass is 35.5. The first-order valence-corrected chi connectivity index (χ1v) is 4.38. The molecule has 0 unspecified atom stereocenters. The van der Waals surface area contributed by atoms with Crippen molar-refractivity contribution in [2.75, 3.05) is 6.61 Å². The molecule has 0 heterocycles. The molecule has 0 aliphatic rings. The van der Waals surface area contributed by atoms with Crippen LogP contribution in [0.3, 0.4) is 0 Å². The molecule has 0 aromatic heterocycles. The lowest BCUT2D eigenvalue weighted by Crippen LogP contribution is -2.12. The van der Waals surface area contributed by atoms with Crippen molar-refractivity contribution < 1.29 is 10.2 Å². The summed E-state index contributed by atoms with van der Waals surface area (Å²) in [6, 6.07) is 4.63. The number of aliphatic hydroxyl groups excluding tert-OH is 1. The number of aliphatic hydroxyl groups is 1. The Morgan fingerprint density at radius 1 is 1.43 bits per heavy atom. The van der Waals surface area contributed by atoms with E-state index in [1.54, 1.807) is 18.2 Å². The van der Waals surface area contributed by atoms with Crippen LogP contribution in [-0.4, -0.2) is 16.8 Å². The first-order valence-electron chi connectivity index (χ1n) is 4.00. The lowest BCUT2D eigenvalue weighted by molar-refractivity contribution is 0.275. The van der Waals surface area contributed by atoms with Crippen LogP contribution in [-0.2, 0) is 0 Å². The van der Waals surface area contributed by atoms with Crippen molar-refractivity contribution in [3.63, 3.8) is 0 Å². The van der Waals surface area contributed by atoms with Crippen LogP contribution >= 0.6 is 24.0 Å². The first-order chi connectivity index (χ1) is 6.16. The molecule has 0 spiro atoms. The van der Waals surface area contributed by atoms with Gasteiger partial charge in [0, 0.05) is 18.2 Å². The number of halogens is 2. The zero-order valence-corrected chi connectivity index (χ0v) is 9.05. The Labute approximate surface area is 93.9 Å². The average Bonchev–Trinajstić information content (AvgIpc) is 2.10. The van der Waals surface area contributed by atoms with Crippen LogP contribution in [0.2, 0.25) is 5.02 Å². The van der Waals surface area contributed by atoms with E-state index in [4.69, 9.17) is 22.4 Å². The Hall–Kier alpha value is -0.480. The fourth-order valence-corrected chi connectivity index (χ4v) is 1.31. The Morgan fingerprint density at radius 3 is 2.64 bits per heavy atom. The van der Waals surface area contributed by atoms with Gasteiger partial charge in [-0.25, -0.2) is 0 Å². The maximum absolute atomic E-state index is 9.50. The van der Waals surface area contributed by atoms with E-state index < -0.39 is 0 Å². The smallest absolute Gasteiger partial charge is 0.138 e. The van der Waals surface area contributed by atoms with Gasteiger partial charge in [0.1, 0.15) is 5.75 Å². The van der Waals surface area contributed by atoms with Crippen molar-refractivity contribution in [3.05, 3.63) is 28.8 Å². The van der Waals surface area contributed by atoms with Crippen molar-refractivity contribution in [3.8, 4) is 5.75 Å². The van der Waals surface area contributed by atoms with Gasteiger partial charge in [0.05, 0.1) is 5.02 Å². The van der Waals surface area contributed by atoms with Crippen molar-refractivity contribution >= 4 is 24.0 Å². The maximum Gasteiger partial charge on any atom is 0.138 e. The molecular formula is C9H13Cl2NO2. The summed E-state index contributed by atoms with van der Waals surface area (Å²) in [5.41, 5.74) is 6.27. The molecule has 3 nitrogen and oxygen atoms in total. The van der Waals surface area contributed by atoms with Gasteiger partial charge in [-0.2, -0.15) is 0 Å². The van der Waals surface area contributed by atoms with Crippen LogP contribution in [0.4, 0.5) is 0 Å². The van der Waals surface area contributed by atoms with Gasteiger partial charge in [-0.1, -0.05) is 23.7 Å². The van der Waals surface area contributed by atoms with Crippen LogP contribution < -0.4 is 5.73 Å². The number of phenolic OH excluding ortho intramolecular Hbond substituents is 1. The number of rotatable bonds is 3. The van der Waals surface area contributed by atoms with Gasteiger partial charge in [-0.05, 0) is 12.5 Å². The van der Waals surface area contributed by atoms with Crippen molar-refractivity contribution in [1.82, 2.24) is 0 Å². The fourth-order valence-electron chi connectivity index (χ4n) is 1.13. The van der Waals surface area contributed by atoms with E-state index in [0.29, 0.717) is 12.0 Å². The second-order valence-electron chi connectivity index (χ2n) is 2.80. The summed E-state index contributed by atoms with van der Waals surface area (Å²) >= 11 is 5.69. The summed E-state index contributed by atoms with van der Waals surface area (Å²) in [6.45, 7) is -0.00683. The SMILES string of the molecule is Cl.N[C@@H](CCO)c1cccc(Cl)c1O. The van der Waals surface area contributed by atoms with Crippen LogP contribution in [0.1, 0.15) is 18.0 Å². The van der Waals surface area contributed by atoms with Crippen LogP contribution in [0.5, 0.6) is 5.75 Å². The lowest BCUT2D eigenvalue weighted by Gasteiger charge is -2.12. The largest absolute Gasteiger partial charge is 0.506 e. The number of para-hydroxylation sites is 1. The van der Waals surface area contributed by atoms with Crippen molar-refractivity contribution in [2.45, 2.75) is 12.5 Å². The summed E-state index contributed by atoms with van der Waals surface area (Å²) in [6.07, 6.45) is 0.411. The second kappa shape index (κ2) is 6.09. The highest BCUT2D eigenvalue weighted by Crippen LogP contribution is 2.31. The highest BCUT2D eigenvalue weighted by molar-refractivity contribution is 6.32. The third-order valence-electron chi connectivity index (χ3n) is 1.86. The van der Waals surface area contributed by atoms with Gasteiger partial charge < -0.3 is 15.9 Å². The van der Waals surface area contributed by atoms with Gasteiger partial charge in [-0.3, -0.25) is 0 Å². The third-order valence-corrected chi connectivity index (χ3v) is 2.16. The lowest BCUT2D eigenvalue weighted by atomic mass is 10.0. The normalized spacial score (nSPS) is 11.9. The second-order valence-corrected chi connectivity index (χ2v) is 3.20. The Bertz CT molecular complexity index is 294. The number of aromatic hydroxyl groups is 1. The third kappa shape index (κ3) is 3.03. The molecule has 0 fully saturated rings. The summed E-state index contributed by atoms with van der Waals surface area (Å²) in [7, 11) is 0. The number of hydrogen-bond donors (Lipinski definition) is 3. The zero-order chi connectivity index (χ0) is 9.84. The van der Waals surface area contributed by atoms with Gasteiger partial charge in [0.15, 0.2) is 0 Å². The number of nitrogens with two attached hydrogens (primary N) is 1. The minimum atomic E-state index is -0.372. The fraction of sp³-hybridized carbons (Fsp3) is 0.333. The summed E-state index contributed by atoms with van der Waals surface area (Å²) < 4.78 is 0. The Balaban J connectivity index is 0.00000169. The van der Waals surface area contributed by atoms with E-state index in [-0.39, 0.29) is 35.8 Å². The summed E-state index contributed by atoms with van der Waals surface area (Å²) in [5, 5.41) is 18.4. The highest BCUT2D eigenvalue weighted by Gasteiger charge is 2.11. The molecule has 1 aromatic carbocycles. The van der Waals surface area contributed by atoms with Crippen LogP contribution in [0.25, 0.3) is 0 Å². The zero-order valence-electron chi connectivity index (χ0n) is 7.48. The standard InChI is InChI=1S/C9H12ClNO2.ClH/c10-7-3-1-2-6(9(7)13)8(11)4-5-12;/h1-3,8,12-13H,4-5,11H2;1H/t8-;/m0./s1. The van der Waals surface area contributed by atoms with Crippen LogP contribution in [0.15, 0.2) is 18.2 Å². The molecule has 0 amide bonds. The van der Waals surface area contributed by atoms with E-state index in [9.17, 15) is 5.11 Å². The van der Waals surface area contributed by atoms with Crippen LogP contribution in [0, 0.1) is 0 Å². The molecule has 0 aliphatic heterocycles. The molecule has 0 bridgehead atoms. The minimum Gasteiger partial charge on any atom is -0.506 e. The average molecular weight is 238 g/mol.